The predicted molar refractivity (Wildman–Crippen MR) is 251 cm³/mol. The third-order valence-corrected chi connectivity index (χ3v) is 14.4. The molecule has 5 nitrogen and oxygen atoms in total. The van der Waals surface area contributed by atoms with E-state index < -0.39 is 15.8 Å². The van der Waals surface area contributed by atoms with Crippen molar-refractivity contribution in [3.63, 3.8) is 0 Å². The minimum absolute atomic E-state index is 0. The van der Waals surface area contributed by atoms with Crippen LogP contribution >= 0.6 is 27.6 Å². The van der Waals surface area contributed by atoms with Crippen molar-refractivity contribution in [1.29, 1.82) is 0 Å². The number of aryl methyl sites for hydroxylation is 1. The van der Waals surface area contributed by atoms with E-state index >= 15 is 0 Å². The first-order chi connectivity index (χ1) is 28.7. The fraction of sp³-hybridized carbons (Fsp3) is 0.0800. The molecule has 0 aliphatic heterocycles. The van der Waals surface area contributed by atoms with Crippen LogP contribution in [0, 0.1) is 6.65 Å². The van der Waals surface area contributed by atoms with Gasteiger partial charge in [-0.25, -0.2) is 4.98 Å². The van der Waals surface area contributed by atoms with Gasteiger partial charge in [0.1, 0.15) is 0 Å². The molecule has 1 radical (unpaired) electrons. The molecular formula is C50H47N4OP2RuS+. The number of benzene rings is 7. The van der Waals surface area contributed by atoms with Crippen LogP contribution in [0.1, 0.15) is 13.8 Å². The Morgan fingerprint density at radius 3 is 1.14 bits per heavy atom. The number of nitrogens with zero attached hydrogens (tertiary/aromatic N) is 4. The van der Waals surface area contributed by atoms with Crippen LogP contribution in [0.5, 0.6) is 0 Å². The molecule has 59 heavy (non-hydrogen) atoms. The maximum Gasteiger partial charge on any atom is -0.0134 e. The first kappa shape index (κ1) is 46.6. The number of aromatic nitrogens is 2. The second-order valence-electron chi connectivity index (χ2n) is 12.3. The molecule has 0 fully saturated rings. The van der Waals surface area contributed by atoms with Gasteiger partial charge >= 0.3 is 30.8 Å². The largest absolute Gasteiger partial charge is 0.0622 e. The predicted octanol–water partition coefficient (Wildman–Crippen LogP) is 11.0. The van der Waals surface area contributed by atoms with Gasteiger partial charge in [0.15, 0.2) is 0 Å². The van der Waals surface area contributed by atoms with E-state index in [1.54, 1.807) is 18.0 Å². The molecule has 0 atom stereocenters. The summed E-state index contributed by atoms with van der Waals surface area (Å²) < 4.78 is 9.46. The van der Waals surface area contributed by atoms with Crippen molar-refractivity contribution in [3.05, 3.63) is 225 Å². The quantitative estimate of drug-likeness (QED) is 0.0324. The van der Waals surface area contributed by atoms with E-state index in [2.05, 4.69) is 224 Å². The molecular weight excluding hydrogens is 868 g/mol. The summed E-state index contributed by atoms with van der Waals surface area (Å²) in [5.41, 5.74) is 0.898. The Bertz CT molecular complexity index is 2060. The Kier molecular flexibility index (Phi) is 21.2. The van der Waals surface area contributed by atoms with Crippen LogP contribution in [0.25, 0.3) is 0 Å². The van der Waals surface area contributed by atoms with Crippen molar-refractivity contribution in [3.8, 4) is 0 Å². The molecule has 1 heterocycles. The Labute approximate surface area is 369 Å². The molecule has 296 valence electrons. The fourth-order valence-corrected chi connectivity index (χ4v) is 11.3. The molecule has 0 bridgehead atoms. The molecule has 0 aliphatic rings. The van der Waals surface area contributed by atoms with Gasteiger partial charge in [0.2, 0.25) is 5.95 Å². The molecule has 0 aliphatic carbocycles. The van der Waals surface area contributed by atoms with E-state index in [0.29, 0.717) is 5.95 Å². The SMILES string of the molecule is CCSc1ccccc1N=Nc1nccn1CC.[C-]#[O+].[RuH+].c1ccc(P(c2ccccc2)c2ccccc2)cc1.c1ccc(P(c2ccccc2)c2ccccc2)cc1. The Morgan fingerprint density at radius 1 is 0.492 bits per heavy atom. The smallest absolute Gasteiger partial charge is 0.0134 e. The van der Waals surface area contributed by atoms with Gasteiger partial charge in [0, 0.05) is 23.8 Å². The molecule has 0 amide bonds. The van der Waals surface area contributed by atoms with Crippen LogP contribution in [0.2, 0.25) is 0 Å². The summed E-state index contributed by atoms with van der Waals surface area (Å²) in [5, 5.41) is 16.9. The number of rotatable bonds is 11. The first-order valence-electron chi connectivity index (χ1n) is 19.0. The van der Waals surface area contributed by atoms with Crippen LogP contribution < -0.4 is 31.8 Å². The summed E-state index contributed by atoms with van der Waals surface area (Å²) >= 11 is 1.77. The number of thioether (sulfide) groups is 1. The van der Waals surface area contributed by atoms with Crippen LogP contribution in [0.15, 0.2) is 234 Å². The van der Waals surface area contributed by atoms with Gasteiger partial charge in [0.25, 0.3) is 0 Å². The zero-order valence-corrected chi connectivity index (χ0v) is 37.5. The first-order valence-corrected chi connectivity index (χ1v) is 22.7. The number of azo groups is 1. The van der Waals surface area contributed by atoms with E-state index in [1.807, 2.05) is 29.0 Å². The second-order valence-corrected chi connectivity index (χ2v) is 18.0. The van der Waals surface area contributed by atoms with Crippen LogP contribution in [-0.4, -0.2) is 15.3 Å². The fourth-order valence-electron chi connectivity index (χ4n) is 5.92. The van der Waals surface area contributed by atoms with E-state index in [9.17, 15) is 0 Å². The third-order valence-electron chi connectivity index (χ3n) is 8.53. The molecule has 0 spiro atoms. The van der Waals surface area contributed by atoms with Crippen molar-refractivity contribution in [2.45, 2.75) is 25.3 Å². The maximum absolute atomic E-state index is 7.50. The Hall–Kier alpha value is -5.08. The zero-order chi connectivity index (χ0) is 40.6. The minimum Gasteiger partial charge on any atom is -0.0622 e. The van der Waals surface area contributed by atoms with Gasteiger partial charge in [-0.05, 0) is 72.5 Å². The van der Waals surface area contributed by atoms with Crippen molar-refractivity contribution in [1.82, 2.24) is 9.55 Å². The average Bonchev–Trinajstić information content (AvgIpc) is 3.78. The topological polar surface area (TPSA) is 62.4 Å². The van der Waals surface area contributed by atoms with E-state index in [1.165, 1.54) is 31.8 Å². The van der Waals surface area contributed by atoms with Crippen LogP contribution in [0.4, 0.5) is 11.6 Å². The second kappa shape index (κ2) is 26.8. The maximum atomic E-state index is 7.50. The van der Waals surface area contributed by atoms with Gasteiger partial charge in [-0.15, -0.1) is 22.0 Å². The van der Waals surface area contributed by atoms with Gasteiger partial charge in [-0.1, -0.05) is 201 Å². The molecule has 0 saturated carbocycles. The van der Waals surface area contributed by atoms with Gasteiger partial charge < -0.3 is 4.57 Å². The van der Waals surface area contributed by atoms with Gasteiger partial charge in [-0.2, -0.15) is 0 Å². The Balaban J connectivity index is 0.000000190. The molecule has 0 saturated heterocycles. The summed E-state index contributed by atoms with van der Waals surface area (Å²) in [4.78, 5) is 5.32. The molecule has 9 heteroatoms. The zero-order valence-electron chi connectivity index (χ0n) is 33.1. The van der Waals surface area contributed by atoms with Crippen LogP contribution in [-0.2, 0) is 30.7 Å². The van der Waals surface area contributed by atoms with E-state index in [0.717, 1.165) is 22.9 Å². The van der Waals surface area contributed by atoms with E-state index in [-0.39, 0.29) is 19.5 Å². The molecule has 0 N–H and O–H groups in total. The van der Waals surface area contributed by atoms with Crippen molar-refractivity contribution in [2.24, 2.45) is 10.2 Å². The summed E-state index contributed by atoms with van der Waals surface area (Å²) in [6.07, 6.45) is 3.64. The molecule has 8 rings (SSSR count). The molecule has 7 aromatic carbocycles. The van der Waals surface area contributed by atoms with Crippen molar-refractivity contribution < 1.29 is 24.1 Å². The molecule has 8 aromatic rings. The average molecular weight is 915 g/mol. The van der Waals surface area contributed by atoms with Crippen molar-refractivity contribution in [2.75, 3.05) is 5.75 Å². The monoisotopic (exact) mass is 915 g/mol. The van der Waals surface area contributed by atoms with E-state index in [4.69, 9.17) is 4.65 Å². The molecule has 1 aromatic heterocycles. The standard InChI is InChI=1S/2C18H15P.C13H16N4S.CO.Ru.H/c2*1-4-10-16(11-5-1)19(17-12-6-2-7-13-17)18-14-8-3-9-15-18;1-3-17-10-9-14-13(17)16-15-11-7-5-6-8-12(11)18-4-2;1-2;;/h2*1-15H;5-10H,3-4H2,1-2H3;;;/q;;;;+1;. The summed E-state index contributed by atoms with van der Waals surface area (Å²) in [5.74, 6) is 1.67. The van der Waals surface area contributed by atoms with Crippen LogP contribution in [0.3, 0.4) is 0 Å². The van der Waals surface area contributed by atoms with Crippen molar-refractivity contribution >= 4 is 71.1 Å². The summed E-state index contributed by atoms with van der Waals surface area (Å²) in [7, 11) is -0.892. The van der Waals surface area contributed by atoms with Gasteiger partial charge in [-0.3, -0.25) is 0 Å². The number of imidazole rings is 1. The number of hydrogen-bond acceptors (Lipinski definition) is 4. The molecule has 0 unspecified atom stereocenters. The Morgan fingerprint density at radius 2 is 0.814 bits per heavy atom. The third kappa shape index (κ3) is 14.3. The normalized spacial score (nSPS) is 10.3. The van der Waals surface area contributed by atoms with Gasteiger partial charge in [0.05, 0.1) is 5.69 Å². The summed E-state index contributed by atoms with van der Waals surface area (Å²) in [6, 6.07) is 72.7. The summed E-state index contributed by atoms with van der Waals surface area (Å²) in [6.45, 7) is 9.53. The number of hydrogen-bond donors (Lipinski definition) is 0. The minimum atomic E-state index is -0.446.